The van der Waals surface area contributed by atoms with Crippen LogP contribution in [0, 0.1) is 0 Å². The molecule has 1 aliphatic rings. The highest BCUT2D eigenvalue weighted by Crippen LogP contribution is 2.19. The number of carbonyl (C=O) groups excluding carboxylic acids is 2. The van der Waals surface area contributed by atoms with Crippen LogP contribution in [0.1, 0.15) is 96.0 Å². The van der Waals surface area contributed by atoms with Crippen LogP contribution in [-0.4, -0.2) is 40.6 Å². The Kier molecular flexibility index (Phi) is 16.2. The SMILES string of the molecule is C=CCCCCCCC(=O)N1C(=O)OC[C@@H]1Cc1ccccc1.CCCCCCCCC(=O)O. The first-order chi connectivity index (χ1) is 16.5. The van der Waals surface area contributed by atoms with E-state index in [0.29, 0.717) is 25.9 Å². The van der Waals surface area contributed by atoms with Crippen LogP contribution >= 0.6 is 0 Å². The van der Waals surface area contributed by atoms with Gasteiger partial charge in [0.05, 0.1) is 6.04 Å². The average molecular weight is 474 g/mol. The Labute approximate surface area is 205 Å². The van der Waals surface area contributed by atoms with Crippen molar-refractivity contribution in [2.75, 3.05) is 6.61 Å². The summed E-state index contributed by atoms with van der Waals surface area (Å²) in [5, 5.41) is 8.32. The molecule has 0 radical (unpaired) electrons. The second-order valence-corrected chi connectivity index (χ2v) is 8.84. The highest BCUT2D eigenvalue weighted by molar-refractivity contribution is 5.93. The first kappa shape index (κ1) is 29.4. The van der Waals surface area contributed by atoms with E-state index in [1.54, 1.807) is 0 Å². The number of amides is 2. The van der Waals surface area contributed by atoms with E-state index in [1.165, 1.54) is 30.6 Å². The number of ether oxygens (including phenoxy) is 1. The lowest BCUT2D eigenvalue weighted by Gasteiger charge is -2.19. The molecule has 0 spiro atoms. The van der Waals surface area contributed by atoms with Crippen molar-refractivity contribution >= 4 is 18.0 Å². The fourth-order valence-corrected chi connectivity index (χ4v) is 3.90. The summed E-state index contributed by atoms with van der Waals surface area (Å²) in [5.74, 6) is -0.780. The third-order valence-electron chi connectivity index (χ3n) is 5.84. The minimum Gasteiger partial charge on any atom is -0.481 e. The minimum absolute atomic E-state index is 0.114. The van der Waals surface area contributed by atoms with Gasteiger partial charge in [-0.1, -0.05) is 88.3 Å². The van der Waals surface area contributed by atoms with Crippen LogP contribution in [0.3, 0.4) is 0 Å². The number of unbranched alkanes of at least 4 members (excludes halogenated alkanes) is 9. The molecule has 6 nitrogen and oxygen atoms in total. The lowest BCUT2D eigenvalue weighted by molar-refractivity contribution is -0.137. The highest BCUT2D eigenvalue weighted by atomic mass is 16.6. The van der Waals surface area contributed by atoms with E-state index in [4.69, 9.17) is 9.84 Å². The van der Waals surface area contributed by atoms with E-state index in [1.807, 2.05) is 36.4 Å². The van der Waals surface area contributed by atoms with Crippen LogP contribution in [0.4, 0.5) is 4.79 Å². The fraction of sp³-hybridized carbons (Fsp3) is 0.607. The topological polar surface area (TPSA) is 83.9 Å². The van der Waals surface area contributed by atoms with Gasteiger partial charge in [-0.15, -0.1) is 6.58 Å². The molecule has 1 N–H and O–H groups in total. The number of carboxylic acid groups (broad SMARTS) is 1. The monoisotopic (exact) mass is 473 g/mol. The van der Waals surface area contributed by atoms with Crippen molar-refractivity contribution in [2.24, 2.45) is 0 Å². The molecule has 1 aromatic carbocycles. The lowest BCUT2D eigenvalue weighted by atomic mass is 10.0. The Morgan fingerprint density at radius 1 is 1.00 bits per heavy atom. The van der Waals surface area contributed by atoms with Gasteiger partial charge in [0.25, 0.3) is 0 Å². The molecule has 1 aliphatic heterocycles. The van der Waals surface area contributed by atoms with Crippen LogP contribution in [-0.2, 0) is 20.7 Å². The van der Waals surface area contributed by atoms with Gasteiger partial charge in [-0.25, -0.2) is 9.69 Å². The Bertz CT molecular complexity index is 719. The summed E-state index contributed by atoms with van der Waals surface area (Å²) >= 11 is 0. The van der Waals surface area contributed by atoms with Crippen LogP contribution in [0.15, 0.2) is 43.0 Å². The summed E-state index contributed by atoms with van der Waals surface area (Å²) in [6.07, 6.45) is 14.8. The number of hydrogen-bond donors (Lipinski definition) is 1. The van der Waals surface area contributed by atoms with Gasteiger partial charge < -0.3 is 9.84 Å². The molecule has 2 amide bonds. The highest BCUT2D eigenvalue weighted by Gasteiger charge is 2.37. The number of rotatable bonds is 16. The van der Waals surface area contributed by atoms with Gasteiger partial charge >= 0.3 is 12.1 Å². The maximum absolute atomic E-state index is 12.4. The predicted molar refractivity (Wildman–Crippen MR) is 136 cm³/mol. The van der Waals surface area contributed by atoms with E-state index >= 15 is 0 Å². The van der Waals surface area contributed by atoms with Gasteiger partial charge in [0.15, 0.2) is 0 Å². The molecule has 34 heavy (non-hydrogen) atoms. The van der Waals surface area contributed by atoms with Gasteiger partial charge in [0, 0.05) is 12.8 Å². The Balaban J connectivity index is 0.000000445. The van der Waals surface area contributed by atoms with Crippen molar-refractivity contribution in [3.63, 3.8) is 0 Å². The Morgan fingerprint density at radius 2 is 1.62 bits per heavy atom. The Morgan fingerprint density at radius 3 is 2.26 bits per heavy atom. The van der Waals surface area contributed by atoms with Gasteiger partial charge in [-0.05, 0) is 37.7 Å². The van der Waals surface area contributed by atoms with Crippen molar-refractivity contribution < 1.29 is 24.2 Å². The van der Waals surface area contributed by atoms with Crippen molar-refractivity contribution in [2.45, 2.75) is 103 Å². The molecule has 1 saturated heterocycles. The number of imide groups is 1. The van der Waals surface area contributed by atoms with Crippen LogP contribution < -0.4 is 0 Å². The molecule has 6 heteroatoms. The number of carbonyl (C=O) groups is 3. The summed E-state index contributed by atoms with van der Waals surface area (Å²) in [6.45, 7) is 6.17. The molecule has 1 aromatic rings. The molecule has 1 heterocycles. The molecule has 0 unspecified atom stereocenters. The molecule has 0 saturated carbocycles. The van der Waals surface area contributed by atoms with Crippen LogP contribution in [0.5, 0.6) is 0 Å². The van der Waals surface area contributed by atoms with Gasteiger partial charge in [-0.3, -0.25) is 9.59 Å². The van der Waals surface area contributed by atoms with Crippen molar-refractivity contribution in [1.29, 1.82) is 0 Å². The molecule has 1 atom stereocenters. The number of nitrogens with zero attached hydrogens (tertiary/aromatic N) is 1. The number of carboxylic acids is 1. The largest absolute Gasteiger partial charge is 0.481 e. The van der Waals surface area contributed by atoms with Crippen molar-refractivity contribution in [3.8, 4) is 0 Å². The van der Waals surface area contributed by atoms with Gasteiger partial charge in [-0.2, -0.15) is 0 Å². The van der Waals surface area contributed by atoms with Gasteiger partial charge in [0.1, 0.15) is 6.61 Å². The van der Waals surface area contributed by atoms with E-state index < -0.39 is 12.1 Å². The number of aliphatic carboxylic acids is 1. The van der Waals surface area contributed by atoms with E-state index in [9.17, 15) is 14.4 Å². The Hall–Kier alpha value is -2.63. The average Bonchev–Trinajstić information content (AvgIpc) is 3.19. The normalized spacial score (nSPS) is 14.8. The number of cyclic esters (lactones) is 1. The smallest absolute Gasteiger partial charge is 0.416 e. The number of benzene rings is 1. The summed E-state index contributed by atoms with van der Waals surface area (Å²) in [5.41, 5.74) is 1.11. The first-order valence-corrected chi connectivity index (χ1v) is 12.8. The maximum Gasteiger partial charge on any atom is 0.416 e. The zero-order valence-corrected chi connectivity index (χ0v) is 20.9. The minimum atomic E-state index is -0.666. The third kappa shape index (κ3) is 13.2. The maximum atomic E-state index is 12.4. The number of allylic oxidation sites excluding steroid dienone is 1. The van der Waals surface area contributed by atoms with Crippen LogP contribution in [0.2, 0.25) is 0 Å². The van der Waals surface area contributed by atoms with E-state index in [2.05, 4.69) is 13.5 Å². The second-order valence-electron chi connectivity index (χ2n) is 8.84. The van der Waals surface area contributed by atoms with Crippen molar-refractivity contribution in [1.82, 2.24) is 4.90 Å². The van der Waals surface area contributed by atoms with E-state index in [-0.39, 0.29) is 11.9 Å². The van der Waals surface area contributed by atoms with Crippen molar-refractivity contribution in [3.05, 3.63) is 48.6 Å². The zero-order chi connectivity index (χ0) is 25.0. The molecular weight excluding hydrogens is 430 g/mol. The van der Waals surface area contributed by atoms with E-state index in [0.717, 1.165) is 50.5 Å². The zero-order valence-electron chi connectivity index (χ0n) is 20.9. The summed E-state index contributed by atoms with van der Waals surface area (Å²) in [7, 11) is 0. The first-order valence-electron chi connectivity index (χ1n) is 12.8. The molecule has 0 aliphatic carbocycles. The lowest BCUT2D eigenvalue weighted by Crippen LogP contribution is -2.40. The molecule has 0 aromatic heterocycles. The number of hydrogen-bond acceptors (Lipinski definition) is 4. The molecular formula is C28H43NO5. The summed E-state index contributed by atoms with van der Waals surface area (Å²) in [4.78, 5) is 35.6. The standard InChI is InChI=1S/C19H25NO3.C9H18O2/c1-2-3-4-5-6-10-13-18(21)20-17(15-23-19(20)22)14-16-11-8-7-9-12-16;1-2-3-4-5-6-7-8-9(10)11/h2,7-9,11-12,17H,1,3-6,10,13-15H2;2-8H2,1H3,(H,10,11)/t17-;/m0./s1. The molecule has 2 rings (SSSR count). The predicted octanol–water partition coefficient (Wildman–Crippen LogP) is 6.92. The quantitative estimate of drug-likeness (QED) is 0.208. The summed E-state index contributed by atoms with van der Waals surface area (Å²) in [6, 6.07) is 9.70. The third-order valence-corrected chi connectivity index (χ3v) is 5.84. The molecule has 190 valence electrons. The van der Waals surface area contributed by atoms with Crippen LogP contribution in [0.25, 0.3) is 0 Å². The second kappa shape index (κ2) is 18.8. The van der Waals surface area contributed by atoms with Gasteiger partial charge in [0.2, 0.25) is 5.91 Å². The fourth-order valence-electron chi connectivity index (χ4n) is 3.90. The molecule has 1 fully saturated rings. The molecule has 0 bridgehead atoms. The summed E-state index contributed by atoms with van der Waals surface area (Å²) < 4.78 is 5.09.